The van der Waals surface area contributed by atoms with E-state index in [1.165, 1.54) is 10.7 Å². The van der Waals surface area contributed by atoms with Gasteiger partial charge in [-0.25, -0.2) is 4.79 Å². The SMILES string of the molecule is C=C(C)COc1ccc(-c2cc(C(=O)O)nn2C)cc1Cl. The minimum atomic E-state index is -1.07. The van der Waals surface area contributed by atoms with E-state index in [4.69, 9.17) is 21.4 Å². The predicted octanol–water partition coefficient (Wildman–Crippen LogP) is 3.39. The number of aromatic carboxylic acids is 1. The van der Waals surface area contributed by atoms with Crippen LogP contribution in [0, 0.1) is 0 Å². The number of halogens is 1. The molecule has 0 saturated carbocycles. The lowest BCUT2D eigenvalue weighted by molar-refractivity contribution is 0.0689. The Kier molecular flexibility index (Phi) is 4.33. The molecule has 0 bridgehead atoms. The Morgan fingerprint density at radius 1 is 1.48 bits per heavy atom. The second-order valence-electron chi connectivity index (χ2n) is 4.73. The Balaban J connectivity index is 2.31. The summed E-state index contributed by atoms with van der Waals surface area (Å²) in [4.78, 5) is 10.9. The largest absolute Gasteiger partial charge is 0.488 e. The van der Waals surface area contributed by atoms with Crippen LogP contribution in [0.5, 0.6) is 5.75 Å². The molecule has 1 N–H and O–H groups in total. The van der Waals surface area contributed by atoms with Crippen LogP contribution in [0.4, 0.5) is 0 Å². The molecule has 21 heavy (non-hydrogen) atoms. The van der Waals surface area contributed by atoms with E-state index in [1.807, 2.05) is 13.0 Å². The molecule has 0 atom stereocenters. The fourth-order valence-electron chi connectivity index (χ4n) is 1.82. The van der Waals surface area contributed by atoms with E-state index < -0.39 is 5.97 Å². The standard InChI is InChI=1S/C15H15ClN2O3/c1-9(2)8-21-14-5-4-10(6-11(14)16)13-7-12(15(19)20)17-18(13)3/h4-7H,1,8H2,2-3H3,(H,19,20). The highest BCUT2D eigenvalue weighted by Gasteiger charge is 2.14. The van der Waals surface area contributed by atoms with Crippen LogP contribution in [0.15, 0.2) is 36.4 Å². The van der Waals surface area contributed by atoms with Crippen LogP contribution in [0.25, 0.3) is 11.3 Å². The van der Waals surface area contributed by atoms with Gasteiger partial charge in [0.2, 0.25) is 0 Å². The van der Waals surface area contributed by atoms with Crippen LogP contribution in [0.3, 0.4) is 0 Å². The normalized spacial score (nSPS) is 10.4. The predicted molar refractivity (Wildman–Crippen MR) is 80.9 cm³/mol. The summed E-state index contributed by atoms with van der Waals surface area (Å²) < 4.78 is 7.02. The van der Waals surface area contributed by atoms with Gasteiger partial charge in [-0.1, -0.05) is 18.2 Å². The van der Waals surface area contributed by atoms with Crippen molar-refractivity contribution in [1.82, 2.24) is 9.78 Å². The van der Waals surface area contributed by atoms with Gasteiger partial charge in [0.1, 0.15) is 12.4 Å². The zero-order valence-electron chi connectivity index (χ0n) is 11.8. The van der Waals surface area contributed by atoms with Gasteiger partial charge in [0, 0.05) is 12.6 Å². The third-order valence-electron chi connectivity index (χ3n) is 2.80. The Morgan fingerprint density at radius 3 is 2.71 bits per heavy atom. The number of nitrogens with zero attached hydrogens (tertiary/aromatic N) is 2. The lowest BCUT2D eigenvalue weighted by atomic mass is 10.1. The van der Waals surface area contributed by atoms with Gasteiger partial charge in [0.05, 0.1) is 10.7 Å². The molecule has 0 radical (unpaired) electrons. The van der Waals surface area contributed by atoms with Crippen molar-refractivity contribution >= 4 is 17.6 Å². The lowest BCUT2D eigenvalue weighted by Gasteiger charge is -2.09. The van der Waals surface area contributed by atoms with Crippen molar-refractivity contribution in [3.8, 4) is 17.0 Å². The molecule has 5 nitrogen and oxygen atoms in total. The average Bonchev–Trinajstić information content (AvgIpc) is 2.79. The molecular formula is C15H15ClN2O3. The maximum absolute atomic E-state index is 10.9. The van der Waals surface area contributed by atoms with Crippen LogP contribution in [-0.4, -0.2) is 27.5 Å². The molecular weight excluding hydrogens is 292 g/mol. The van der Waals surface area contributed by atoms with Crippen molar-refractivity contribution in [2.45, 2.75) is 6.92 Å². The van der Waals surface area contributed by atoms with E-state index >= 15 is 0 Å². The molecule has 6 heteroatoms. The highest BCUT2D eigenvalue weighted by Crippen LogP contribution is 2.30. The molecule has 0 spiro atoms. The number of carboxylic acid groups (broad SMARTS) is 1. The van der Waals surface area contributed by atoms with E-state index in [2.05, 4.69) is 11.7 Å². The summed E-state index contributed by atoms with van der Waals surface area (Å²) in [6.45, 7) is 6.02. The van der Waals surface area contributed by atoms with Gasteiger partial charge in [0.25, 0.3) is 0 Å². The topological polar surface area (TPSA) is 64.3 Å². The van der Waals surface area contributed by atoms with Crippen molar-refractivity contribution in [3.05, 3.63) is 47.1 Å². The Morgan fingerprint density at radius 2 is 2.19 bits per heavy atom. The summed E-state index contributed by atoms with van der Waals surface area (Å²) in [6, 6.07) is 6.77. The summed E-state index contributed by atoms with van der Waals surface area (Å²) in [7, 11) is 1.68. The Bertz CT molecular complexity index is 707. The Hall–Kier alpha value is -2.27. The Labute approximate surface area is 127 Å². The minimum absolute atomic E-state index is 0.00812. The maximum atomic E-state index is 10.9. The first kappa shape index (κ1) is 15.1. The lowest BCUT2D eigenvalue weighted by Crippen LogP contribution is -1.99. The van der Waals surface area contributed by atoms with Crippen molar-refractivity contribution in [2.75, 3.05) is 6.61 Å². The quantitative estimate of drug-likeness (QED) is 0.860. The molecule has 0 aliphatic heterocycles. The number of benzene rings is 1. The highest BCUT2D eigenvalue weighted by molar-refractivity contribution is 6.32. The number of aryl methyl sites for hydroxylation is 1. The van der Waals surface area contributed by atoms with Crippen LogP contribution in [0.2, 0.25) is 5.02 Å². The van der Waals surface area contributed by atoms with Crippen molar-refractivity contribution in [2.24, 2.45) is 7.05 Å². The highest BCUT2D eigenvalue weighted by atomic mass is 35.5. The fourth-order valence-corrected chi connectivity index (χ4v) is 2.06. The zero-order chi connectivity index (χ0) is 15.6. The number of ether oxygens (including phenoxy) is 1. The second kappa shape index (κ2) is 6.01. The van der Waals surface area contributed by atoms with E-state index in [0.29, 0.717) is 23.1 Å². The molecule has 2 aromatic rings. The molecule has 0 aliphatic carbocycles. The molecule has 1 aromatic carbocycles. The van der Waals surface area contributed by atoms with Gasteiger partial charge in [-0.3, -0.25) is 4.68 Å². The molecule has 2 rings (SSSR count). The van der Waals surface area contributed by atoms with Crippen LogP contribution in [-0.2, 0) is 7.05 Å². The molecule has 0 saturated heterocycles. The molecule has 1 aromatic heterocycles. The van der Waals surface area contributed by atoms with Crippen LogP contribution < -0.4 is 4.74 Å². The second-order valence-corrected chi connectivity index (χ2v) is 5.14. The van der Waals surface area contributed by atoms with E-state index in [-0.39, 0.29) is 5.69 Å². The van der Waals surface area contributed by atoms with Gasteiger partial charge in [0.15, 0.2) is 5.69 Å². The summed E-state index contributed by atoms with van der Waals surface area (Å²) >= 11 is 6.18. The van der Waals surface area contributed by atoms with Gasteiger partial charge in [-0.2, -0.15) is 5.10 Å². The summed E-state index contributed by atoms with van der Waals surface area (Å²) in [5.41, 5.74) is 2.32. The van der Waals surface area contributed by atoms with Crippen molar-refractivity contribution in [3.63, 3.8) is 0 Å². The van der Waals surface area contributed by atoms with E-state index in [9.17, 15) is 4.79 Å². The first-order valence-electron chi connectivity index (χ1n) is 6.23. The first-order chi connectivity index (χ1) is 9.88. The first-order valence-corrected chi connectivity index (χ1v) is 6.60. The zero-order valence-corrected chi connectivity index (χ0v) is 12.5. The monoisotopic (exact) mass is 306 g/mol. The summed E-state index contributed by atoms with van der Waals surface area (Å²) in [5.74, 6) is -0.506. The summed E-state index contributed by atoms with van der Waals surface area (Å²) in [5, 5.41) is 13.3. The molecule has 1 heterocycles. The fraction of sp³-hybridized carbons (Fsp3) is 0.200. The summed E-state index contributed by atoms with van der Waals surface area (Å²) in [6.07, 6.45) is 0. The molecule has 0 aliphatic rings. The molecule has 110 valence electrons. The maximum Gasteiger partial charge on any atom is 0.356 e. The van der Waals surface area contributed by atoms with Crippen molar-refractivity contribution < 1.29 is 14.6 Å². The van der Waals surface area contributed by atoms with Gasteiger partial charge >= 0.3 is 5.97 Å². The van der Waals surface area contributed by atoms with E-state index in [0.717, 1.165) is 11.1 Å². The molecule has 0 amide bonds. The van der Waals surface area contributed by atoms with Gasteiger partial charge in [-0.15, -0.1) is 0 Å². The van der Waals surface area contributed by atoms with Crippen LogP contribution >= 0.6 is 11.6 Å². The minimum Gasteiger partial charge on any atom is -0.488 e. The van der Waals surface area contributed by atoms with Gasteiger partial charge in [-0.05, 0) is 36.8 Å². The third-order valence-corrected chi connectivity index (χ3v) is 3.10. The molecule has 0 fully saturated rings. The number of carbonyl (C=O) groups is 1. The number of rotatable bonds is 5. The number of aromatic nitrogens is 2. The van der Waals surface area contributed by atoms with Crippen LogP contribution in [0.1, 0.15) is 17.4 Å². The number of hydrogen-bond donors (Lipinski definition) is 1. The van der Waals surface area contributed by atoms with E-state index in [1.54, 1.807) is 19.2 Å². The number of hydrogen-bond acceptors (Lipinski definition) is 3. The third kappa shape index (κ3) is 3.44. The van der Waals surface area contributed by atoms with Gasteiger partial charge < -0.3 is 9.84 Å². The smallest absolute Gasteiger partial charge is 0.356 e. The number of carboxylic acids is 1. The van der Waals surface area contributed by atoms with Crippen molar-refractivity contribution in [1.29, 1.82) is 0 Å². The average molecular weight is 307 g/mol. The molecule has 0 unspecified atom stereocenters.